The molecule has 0 saturated carbocycles. The van der Waals surface area contributed by atoms with E-state index in [4.69, 9.17) is 0 Å². The Kier molecular flexibility index (Phi) is 2.35. The summed E-state index contributed by atoms with van der Waals surface area (Å²) in [6.45, 7) is 1.57. The van der Waals surface area contributed by atoms with E-state index in [1.807, 2.05) is 36.0 Å². The number of rotatable bonds is 1. The molecule has 0 saturated heterocycles. The highest BCUT2D eigenvalue weighted by Crippen LogP contribution is 2.31. The topological polar surface area (TPSA) is 4.93 Å². The van der Waals surface area contributed by atoms with E-state index in [9.17, 15) is 4.39 Å². The third kappa shape index (κ3) is 1.36. The summed E-state index contributed by atoms with van der Waals surface area (Å²) in [5, 5.41) is 0.983. The van der Waals surface area contributed by atoms with Crippen molar-refractivity contribution in [3.8, 4) is 0 Å². The minimum Gasteiger partial charge on any atom is -0.349 e. The fraction of sp³-hybridized carbons (Fsp3) is 0.273. The quantitative estimate of drug-likeness (QED) is 0.727. The normalized spacial score (nSPS) is 13.4. The van der Waals surface area contributed by atoms with E-state index in [1.165, 1.54) is 0 Å². The van der Waals surface area contributed by atoms with Gasteiger partial charge in [-0.3, -0.25) is 0 Å². The predicted molar refractivity (Wildman–Crippen MR) is 60.1 cm³/mol. The van der Waals surface area contributed by atoms with Gasteiger partial charge in [-0.25, -0.2) is 4.39 Å². The molecule has 0 bridgehead atoms. The monoisotopic (exact) mass is 255 g/mol. The van der Waals surface area contributed by atoms with Gasteiger partial charge in [-0.15, -0.1) is 0 Å². The first-order valence-corrected chi connectivity index (χ1v) is 5.28. The van der Waals surface area contributed by atoms with Gasteiger partial charge in [0.25, 0.3) is 0 Å². The largest absolute Gasteiger partial charge is 0.349 e. The number of para-hydroxylation sites is 1. The van der Waals surface area contributed by atoms with Crippen LogP contribution in [0.25, 0.3) is 10.9 Å². The molecule has 1 nitrogen and oxygen atoms in total. The van der Waals surface area contributed by atoms with E-state index in [-0.39, 0.29) is 0 Å². The fourth-order valence-corrected chi connectivity index (χ4v) is 2.41. The lowest BCUT2D eigenvalue weighted by Crippen LogP contribution is -1.84. The van der Waals surface area contributed by atoms with Crippen molar-refractivity contribution in [2.75, 3.05) is 0 Å². The molecule has 2 aromatic rings. The second-order valence-corrected chi connectivity index (χ2v) is 4.30. The van der Waals surface area contributed by atoms with Crippen molar-refractivity contribution >= 4 is 26.8 Å². The molecule has 3 heteroatoms. The molecule has 0 aliphatic carbocycles. The Hall–Kier alpha value is -0.830. The van der Waals surface area contributed by atoms with Crippen molar-refractivity contribution in [2.24, 2.45) is 7.05 Å². The molecule has 2 rings (SSSR count). The molecular formula is C11H11BrFN. The second-order valence-electron chi connectivity index (χ2n) is 3.45. The summed E-state index contributed by atoms with van der Waals surface area (Å²) >= 11 is 3.47. The molecule has 0 amide bonds. The van der Waals surface area contributed by atoms with Crippen LogP contribution in [0.15, 0.2) is 28.9 Å². The Labute approximate surface area is 90.7 Å². The Bertz CT molecular complexity index is 473. The van der Waals surface area contributed by atoms with Crippen molar-refractivity contribution in [3.05, 3.63) is 34.4 Å². The lowest BCUT2D eigenvalue weighted by molar-refractivity contribution is 0.376. The first-order valence-electron chi connectivity index (χ1n) is 4.48. The molecule has 74 valence electrons. The van der Waals surface area contributed by atoms with Crippen LogP contribution in [0.1, 0.15) is 18.7 Å². The maximum absolute atomic E-state index is 13.3. The van der Waals surface area contributed by atoms with Crippen LogP contribution in [0.5, 0.6) is 0 Å². The van der Waals surface area contributed by atoms with Gasteiger partial charge >= 0.3 is 0 Å². The minimum absolute atomic E-state index is 0.754. The van der Waals surface area contributed by atoms with E-state index < -0.39 is 6.17 Å². The Morgan fingerprint density at radius 2 is 2.14 bits per heavy atom. The molecule has 0 aliphatic rings. The summed E-state index contributed by atoms with van der Waals surface area (Å²) in [6, 6.07) is 5.85. The predicted octanol–water partition coefficient (Wildman–Crippen LogP) is 3.97. The molecule has 1 aromatic heterocycles. The van der Waals surface area contributed by atoms with Crippen molar-refractivity contribution in [2.45, 2.75) is 13.1 Å². The number of halogens is 2. The lowest BCUT2D eigenvalue weighted by atomic mass is 10.1. The first-order chi connectivity index (χ1) is 6.61. The molecule has 0 fully saturated rings. The van der Waals surface area contributed by atoms with Gasteiger partial charge in [-0.2, -0.15) is 0 Å². The lowest BCUT2D eigenvalue weighted by Gasteiger charge is -1.99. The molecule has 0 radical (unpaired) electrons. The first kappa shape index (κ1) is 9.71. The van der Waals surface area contributed by atoms with Crippen molar-refractivity contribution in [1.29, 1.82) is 0 Å². The smallest absolute Gasteiger partial charge is 0.124 e. The molecule has 0 aliphatic heterocycles. The Balaban J connectivity index is 2.84. The van der Waals surface area contributed by atoms with Gasteiger partial charge in [-0.1, -0.05) is 12.1 Å². The van der Waals surface area contributed by atoms with Gasteiger partial charge in [-0.05, 0) is 28.9 Å². The van der Waals surface area contributed by atoms with Gasteiger partial charge in [0.15, 0.2) is 0 Å². The molecule has 0 spiro atoms. The molecule has 1 atom stereocenters. The summed E-state index contributed by atoms with van der Waals surface area (Å²) in [5.41, 5.74) is 1.80. The molecule has 1 aromatic carbocycles. The number of hydrogen-bond acceptors (Lipinski definition) is 0. The highest BCUT2D eigenvalue weighted by Gasteiger charge is 2.13. The SMILES string of the molecule is CC(F)c1cn(C)c2c(Br)cccc12. The third-order valence-electron chi connectivity index (χ3n) is 2.41. The van der Waals surface area contributed by atoms with E-state index >= 15 is 0 Å². The Morgan fingerprint density at radius 3 is 2.79 bits per heavy atom. The average Bonchev–Trinajstić information content (AvgIpc) is 2.45. The second kappa shape index (κ2) is 3.39. The van der Waals surface area contributed by atoms with Crippen LogP contribution in [-0.4, -0.2) is 4.57 Å². The van der Waals surface area contributed by atoms with E-state index in [1.54, 1.807) is 6.92 Å². The van der Waals surface area contributed by atoms with Crippen LogP contribution in [0, 0.1) is 0 Å². The summed E-state index contributed by atoms with van der Waals surface area (Å²) in [7, 11) is 1.93. The van der Waals surface area contributed by atoms with Crippen LogP contribution in [0.4, 0.5) is 4.39 Å². The van der Waals surface area contributed by atoms with Crippen molar-refractivity contribution < 1.29 is 4.39 Å². The summed E-state index contributed by atoms with van der Waals surface area (Å²) in [4.78, 5) is 0. The summed E-state index contributed by atoms with van der Waals surface area (Å²) in [6.07, 6.45) is 0.924. The number of hydrogen-bond donors (Lipinski definition) is 0. The van der Waals surface area contributed by atoms with Crippen molar-refractivity contribution in [1.82, 2.24) is 4.57 Å². The van der Waals surface area contributed by atoms with E-state index in [0.29, 0.717) is 0 Å². The van der Waals surface area contributed by atoms with Crippen LogP contribution >= 0.6 is 15.9 Å². The van der Waals surface area contributed by atoms with Crippen LogP contribution in [0.3, 0.4) is 0 Å². The zero-order chi connectivity index (χ0) is 10.3. The van der Waals surface area contributed by atoms with Crippen LogP contribution in [-0.2, 0) is 7.05 Å². The van der Waals surface area contributed by atoms with Gasteiger partial charge in [0, 0.05) is 28.7 Å². The number of aromatic nitrogens is 1. The zero-order valence-electron chi connectivity index (χ0n) is 8.09. The highest BCUT2D eigenvalue weighted by molar-refractivity contribution is 9.10. The maximum Gasteiger partial charge on any atom is 0.124 e. The summed E-state index contributed by atoms with van der Waals surface area (Å²) < 4.78 is 16.2. The highest BCUT2D eigenvalue weighted by atomic mass is 79.9. The van der Waals surface area contributed by atoms with Gasteiger partial charge in [0.05, 0.1) is 5.52 Å². The fourth-order valence-electron chi connectivity index (χ4n) is 1.77. The number of benzene rings is 1. The molecule has 0 N–H and O–H groups in total. The zero-order valence-corrected chi connectivity index (χ0v) is 9.68. The number of fused-ring (bicyclic) bond motifs is 1. The molecule has 1 heterocycles. The van der Waals surface area contributed by atoms with Crippen LogP contribution in [0.2, 0.25) is 0 Å². The number of aryl methyl sites for hydroxylation is 1. The van der Waals surface area contributed by atoms with Crippen molar-refractivity contribution in [3.63, 3.8) is 0 Å². The number of alkyl halides is 1. The average molecular weight is 256 g/mol. The van der Waals surface area contributed by atoms with Gasteiger partial charge in [0.2, 0.25) is 0 Å². The van der Waals surface area contributed by atoms with Gasteiger partial charge < -0.3 is 4.57 Å². The van der Waals surface area contributed by atoms with Gasteiger partial charge in [0.1, 0.15) is 6.17 Å². The molecular weight excluding hydrogens is 245 g/mol. The minimum atomic E-state index is -0.923. The molecule has 1 unspecified atom stereocenters. The standard InChI is InChI=1S/C11H11BrFN/c1-7(13)9-6-14(2)11-8(9)4-3-5-10(11)12/h3-7H,1-2H3. The maximum atomic E-state index is 13.3. The Morgan fingerprint density at radius 1 is 1.43 bits per heavy atom. The summed E-state index contributed by atoms with van der Waals surface area (Å²) in [5.74, 6) is 0. The third-order valence-corrected chi connectivity index (χ3v) is 3.05. The number of nitrogens with zero attached hydrogens (tertiary/aromatic N) is 1. The van der Waals surface area contributed by atoms with E-state index in [0.717, 1.165) is 20.9 Å². The van der Waals surface area contributed by atoms with E-state index in [2.05, 4.69) is 15.9 Å². The molecule has 14 heavy (non-hydrogen) atoms. The van der Waals surface area contributed by atoms with Crippen LogP contribution < -0.4 is 0 Å².